The molecule has 1 rings (SSSR count). The lowest BCUT2D eigenvalue weighted by molar-refractivity contribution is -0.121. The first-order valence-electron chi connectivity index (χ1n) is 4.95. The van der Waals surface area contributed by atoms with Crippen LogP contribution in [0.1, 0.15) is 18.9 Å². The molecule has 1 aromatic carbocycles. The van der Waals surface area contributed by atoms with Crippen LogP contribution in [0.2, 0.25) is 0 Å². The van der Waals surface area contributed by atoms with Gasteiger partial charge < -0.3 is 5.32 Å². The highest BCUT2D eigenvalue weighted by Gasteiger charge is 2.08. The van der Waals surface area contributed by atoms with Gasteiger partial charge in [-0.05, 0) is 25.5 Å². The van der Waals surface area contributed by atoms with E-state index in [9.17, 15) is 4.79 Å². The molecule has 1 atom stereocenters. The van der Waals surface area contributed by atoms with Gasteiger partial charge in [-0.3, -0.25) is 10.2 Å². The van der Waals surface area contributed by atoms with Gasteiger partial charge in [0.2, 0.25) is 5.91 Å². The van der Waals surface area contributed by atoms with Crippen LogP contribution in [0.25, 0.3) is 0 Å². The van der Waals surface area contributed by atoms with Crippen molar-refractivity contribution in [3.05, 3.63) is 29.8 Å². The minimum Gasteiger partial charge on any atom is -0.382 e. The molecule has 0 saturated carbocycles. The van der Waals surface area contributed by atoms with Crippen molar-refractivity contribution in [2.45, 2.75) is 26.3 Å². The van der Waals surface area contributed by atoms with Gasteiger partial charge >= 0.3 is 0 Å². The number of aryl methyl sites for hydroxylation is 1. The summed E-state index contributed by atoms with van der Waals surface area (Å²) in [5.41, 5.74) is 4.33. The molecule has 1 amide bonds. The Hall–Kier alpha value is -1.55. The Morgan fingerprint density at radius 2 is 2.13 bits per heavy atom. The number of nitrogens with one attached hydrogen (secondary N) is 2. The first-order chi connectivity index (χ1) is 7.13. The zero-order valence-corrected chi connectivity index (χ0v) is 9.08. The fourth-order valence-corrected chi connectivity index (χ4v) is 1.39. The number of para-hydroxylation sites is 1. The van der Waals surface area contributed by atoms with E-state index in [4.69, 9.17) is 5.84 Å². The lowest BCUT2D eigenvalue weighted by atomic mass is 10.1. The molecule has 0 aliphatic rings. The lowest BCUT2D eigenvalue weighted by Crippen LogP contribution is -2.34. The van der Waals surface area contributed by atoms with Crippen molar-refractivity contribution >= 4 is 11.6 Å². The van der Waals surface area contributed by atoms with Crippen molar-refractivity contribution in [2.24, 2.45) is 5.84 Å². The Labute approximate surface area is 89.8 Å². The van der Waals surface area contributed by atoms with Crippen LogP contribution < -0.4 is 16.6 Å². The molecule has 82 valence electrons. The van der Waals surface area contributed by atoms with E-state index in [0.717, 1.165) is 11.3 Å². The third-order valence-electron chi connectivity index (χ3n) is 2.20. The van der Waals surface area contributed by atoms with Gasteiger partial charge in [0.15, 0.2) is 0 Å². The minimum absolute atomic E-state index is 0.0645. The van der Waals surface area contributed by atoms with Crippen LogP contribution in [0.15, 0.2) is 24.3 Å². The lowest BCUT2D eigenvalue weighted by Gasteiger charge is -2.15. The fraction of sp³-hybridized carbons (Fsp3) is 0.364. The molecule has 4 heteroatoms. The summed E-state index contributed by atoms with van der Waals surface area (Å²) < 4.78 is 0. The van der Waals surface area contributed by atoms with Crippen LogP contribution in [0.4, 0.5) is 5.69 Å². The summed E-state index contributed by atoms with van der Waals surface area (Å²) in [7, 11) is 0. The molecule has 1 aromatic rings. The van der Waals surface area contributed by atoms with E-state index in [-0.39, 0.29) is 11.9 Å². The number of amides is 1. The minimum atomic E-state index is -0.163. The quantitative estimate of drug-likeness (QED) is 0.394. The van der Waals surface area contributed by atoms with E-state index in [1.54, 1.807) is 0 Å². The standard InChI is InChI=1S/C11H17N3O/c1-8-5-3-4-6-10(8)13-9(2)7-11(15)14-12/h3-6,9,13H,7,12H2,1-2H3,(H,14,15). The van der Waals surface area contributed by atoms with E-state index >= 15 is 0 Å². The van der Waals surface area contributed by atoms with Gasteiger partial charge in [-0.2, -0.15) is 0 Å². The summed E-state index contributed by atoms with van der Waals surface area (Å²) in [5, 5.41) is 3.26. The zero-order chi connectivity index (χ0) is 11.3. The Morgan fingerprint density at radius 1 is 1.47 bits per heavy atom. The number of benzene rings is 1. The summed E-state index contributed by atoms with van der Waals surface area (Å²) in [6, 6.07) is 8.03. The number of carbonyl (C=O) groups is 1. The number of hydrazine groups is 1. The van der Waals surface area contributed by atoms with E-state index in [2.05, 4.69) is 10.7 Å². The molecular formula is C11H17N3O. The van der Waals surface area contributed by atoms with Crippen molar-refractivity contribution in [1.29, 1.82) is 0 Å². The van der Waals surface area contributed by atoms with E-state index in [1.807, 2.05) is 38.1 Å². The second kappa shape index (κ2) is 5.36. The predicted octanol–water partition coefficient (Wildman–Crippen LogP) is 1.18. The highest BCUT2D eigenvalue weighted by Crippen LogP contribution is 2.14. The average molecular weight is 207 g/mol. The normalized spacial score (nSPS) is 11.9. The van der Waals surface area contributed by atoms with Crippen molar-refractivity contribution in [2.75, 3.05) is 5.32 Å². The Bertz CT molecular complexity index is 338. The predicted molar refractivity (Wildman–Crippen MR) is 61.2 cm³/mol. The highest BCUT2D eigenvalue weighted by molar-refractivity contribution is 5.76. The third kappa shape index (κ3) is 3.59. The molecule has 0 bridgehead atoms. The number of hydrogen-bond donors (Lipinski definition) is 3. The molecule has 0 heterocycles. The molecule has 0 fully saturated rings. The summed E-state index contributed by atoms with van der Waals surface area (Å²) in [6.07, 6.45) is 0.366. The van der Waals surface area contributed by atoms with Crippen LogP contribution in [-0.4, -0.2) is 11.9 Å². The second-order valence-electron chi connectivity index (χ2n) is 3.63. The maximum atomic E-state index is 11.0. The summed E-state index contributed by atoms with van der Waals surface area (Å²) >= 11 is 0. The zero-order valence-electron chi connectivity index (χ0n) is 9.08. The summed E-state index contributed by atoms with van der Waals surface area (Å²) in [6.45, 7) is 3.97. The molecule has 4 N–H and O–H groups in total. The number of rotatable bonds is 4. The molecular weight excluding hydrogens is 190 g/mol. The largest absolute Gasteiger partial charge is 0.382 e. The van der Waals surface area contributed by atoms with Gasteiger partial charge in [-0.1, -0.05) is 18.2 Å². The number of carbonyl (C=O) groups excluding carboxylic acids is 1. The maximum Gasteiger partial charge on any atom is 0.235 e. The highest BCUT2D eigenvalue weighted by atomic mass is 16.2. The van der Waals surface area contributed by atoms with Gasteiger partial charge in [-0.15, -0.1) is 0 Å². The topological polar surface area (TPSA) is 67.2 Å². The Balaban J connectivity index is 2.55. The van der Waals surface area contributed by atoms with Gasteiger partial charge in [0, 0.05) is 18.2 Å². The first-order valence-corrected chi connectivity index (χ1v) is 4.95. The number of hydrogen-bond acceptors (Lipinski definition) is 3. The van der Waals surface area contributed by atoms with Crippen molar-refractivity contribution in [3.8, 4) is 0 Å². The number of anilines is 1. The molecule has 1 unspecified atom stereocenters. The van der Waals surface area contributed by atoms with Crippen LogP contribution >= 0.6 is 0 Å². The van der Waals surface area contributed by atoms with Crippen LogP contribution in [0.3, 0.4) is 0 Å². The Kier molecular flexibility index (Phi) is 4.12. The van der Waals surface area contributed by atoms with E-state index < -0.39 is 0 Å². The number of nitrogens with two attached hydrogens (primary N) is 1. The fourth-order valence-electron chi connectivity index (χ4n) is 1.39. The average Bonchev–Trinajstić information content (AvgIpc) is 2.21. The molecule has 0 radical (unpaired) electrons. The third-order valence-corrected chi connectivity index (χ3v) is 2.20. The summed E-state index contributed by atoms with van der Waals surface area (Å²) in [4.78, 5) is 11.0. The van der Waals surface area contributed by atoms with E-state index in [1.165, 1.54) is 0 Å². The van der Waals surface area contributed by atoms with Gasteiger partial charge in [-0.25, -0.2) is 5.84 Å². The van der Waals surface area contributed by atoms with Crippen LogP contribution in [-0.2, 0) is 4.79 Å². The van der Waals surface area contributed by atoms with Crippen molar-refractivity contribution < 1.29 is 4.79 Å². The summed E-state index contributed by atoms with van der Waals surface area (Å²) in [5.74, 6) is 4.85. The molecule has 4 nitrogen and oxygen atoms in total. The molecule has 0 spiro atoms. The molecule has 0 aromatic heterocycles. The Morgan fingerprint density at radius 3 is 2.73 bits per heavy atom. The van der Waals surface area contributed by atoms with Crippen LogP contribution in [0.5, 0.6) is 0 Å². The van der Waals surface area contributed by atoms with Gasteiger partial charge in [0.25, 0.3) is 0 Å². The molecule has 15 heavy (non-hydrogen) atoms. The maximum absolute atomic E-state index is 11.0. The van der Waals surface area contributed by atoms with Gasteiger partial charge in [0.05, 0.1) is 0 Å². The smallest absolute Gasteiger partial charge is 0.235 e. The van der Waals surface area contributed by atoms with Crippen LogP contribution in [0, 0.1) is 6.92 Å². The molecule has 0 aliphatic heterocycles. The van der Waals surface area contributed by atoms with E-state index in [0.29, 0.717) is 6.42 Å². The SMILES string of the molecule is Cc1ccccc1NC(C)CC(=O)NN. The molecule has 0 saturated heterocycles. The second-order valence-corrected chi connectivity index (χ2v) is 3.63. The van der Waals surface area contributed by atoms with Crippen molar-refractivity contribution in [1.82, 2.24) is 5.43 Å². The first kappa shape index (κ1) is 11.5. The molecule has 0 aliphatic carbocycles. The van der Waals surface area contributed by atoms with Crippen molar-refractivity contribution in [3.63, 3.8) is 0 Å². The van der Waals surface area contributed by atoms with Gasteiger partial charge in [0.1, 0.15) is 0 Å². The monoisotopic (exact) mass is 207 g/mol.